The van der Waals surface area contributed by atoms with Crippen molar-refractivity contribution in [3.8, 4) is 0 Å². The highest BCUT2D eigenvalue weighted by atomic mass is 32.2. The van der Waals surface area contributed by atoms with Gasteiger partial charge in [-0.1, -0.05) is 6.07 Å². The minimum absolute atomic E-state index is 0.0239. The zero-order chi connectivity index (χ0) is 13.2. The lowest BCUT2D eigenvalue weighted by molar-refractivity contribution is 0.114. The molecule has 0 amide bonds. The van der Waals surface area contributed by atoms with E-state index in [9.17, 15) is 17.2 Å². The van der Waals surface area contributed by atoms with Gasteiger partial charge in [0.15, 0.2) is 4.90 Å². The number of hydrogen-bond donors (Lipinski definition) is 1. The summed E-state index contributed by atoms with van der Waals surface area (Å²) in [6, 6.07) is 2.93. The van der Waals surface area contributed by atoms with E-state index in [1.165, 1.54) is 0 Å². The van der Waals surface area contributed by atoms with Crippen molar-refractivity contribution in [2.75, 3.05) is 13.2 Å². The van der Waals surface area contributed by atoms with Gasteiger partial charge in [-0.15, -0.1) is 0 Å². The van der Waals surface area contributed by atoms with Crippen molar-refractivity contribution in [3.05, 3.63) is 29.8 Å². The topological polar surface area (TPSA) is 55.4 Å². The van der Waals surface area contributed by atoms with Crippen molar-refractivity contribution >= 4 is 10.0 Å². The van der Waals surface area contributed by atoms with E-state index in [4.69, 9.17) is 4.74 Å². The molecule has 1 fully saturated rings. The second-order valence-electron chi connectivity index (χ2n) is 4.04. The molecule has 7 heteroatoms. The van der Waals surface area contributed by atoms with E-state index in [1.54, 1.807) is 0 Å². The van der Waals surface area contributed by atoms with Gasteiger partial charge in [0.25, 0.3) is 0 Å². The molecule has 2 rings (SSSR count). The zero-order valence-corrected chi connectivity index (χ0v) is 10.3. The fraction of sp³-hybridized carbons (Fsp3) is 0.455. The highest BCUT2D eigenvalue weighted by Crippen LogP contribution is 2.18. The molecule has 0 aromatic heterocycles. The minimum atomic E-state index is -4.19. The van der Waals surface area contributed by atoms with E-state index < -0.39 is 26.6 Å². The van der Waals surface area contributed by atoms with Gasteiger partial charge in [-0.05, 0) is 25.0 Å². The van der Waals surface area contributed by atoms with Crippen LogP contribution >= 0.6 is 0 Å². The number of halogens is 2. The average molecular weight is 277 g/mol. The summed E-state index contributed by atoms with van der Waals surface area (Å²) in [7, 11) is -4.19. The average Bonchev–Trinajstić information content (AvgIpc) is 2.78. The van der Waals surface area contributed by atoms with Crippen LogP contribution in [0.4, 0.5) is 8.78 Å². The second-order valence-corrected chi connectivity index (χ2v) is 5.74. The van der Waals surface area contributed by atoms with Crippen LogP contribution in [0.3, 0.4) is 0 Å². The van der Waals surface area contributed by atoms with Crippen LogP contribution in [0.2, 0.25) is 0 Å². The smallest absolute Gasteiger partial charge is 0.246 e. The van der Waals surface area contributed by atoms with Gasteiger partial charge >= 0.3 is 0 Å². The standard InChI is InChI=1S/C11H13F2NO3S/c12-9-4-1-5-10(13)11(9)18(15,16)14-7-8-3-2-6-17-8/h1,4-5,8,14H,2-3,6-7H2/t8-/m1/s1. The summed E-state index contributed by atoms with van der Waals surface area (Å²) < 4.78 is 57.7. The fourth-order valence-corrected chi connectivity index (χ4v) is 3.02. The van der Waals surface area contributed by atoms with Crippen LogP contribution in [0.15, 0.2) is 23.1 Å². The third kappa shape index (κ3) is 2.85. The van der Waals surface area contributed by atoms with E-state index in [0.29, 0.717) is 6.61 Å². The van der Waals surface area contributed by atoms with Crippen LogP contribution in [0.25, 0.3) is 0 Å². The normalized spacial score (nSPS) is 20.2. The van der Waals surface area contributed by atoms with Gasteiger partial charge < -0.3 is 4.74 Å². The van der Waals surface area contributed by atoms with Crippen LogP contribution in [0, 0.1) is 11.6 Å². The van der Waals surface area contributed by atoms with Crippen molar-refractivity contribution in [1.82, 2.24) is 4.72 Å². The molecule has 100 valence electrons. The van der Waals surface area contributed by atoms with Crippen LogP contribution in [-0.4, -0.2) is 27.7 Å². The Morgan fingerprint density at radius 2 is 2.00 bits per heavy atom. The molecule has 0 saturated carbocycles. The van der Waals surface area contributed by atoms with E-state index in [2.05, 4.69) is 4.72 Å². The minimum Gasteiger partial charge on any atom is -0.377 e. The molecule has 18 heavy (non-hydrogen) atoms. The molecule has 4 nitrogen and oxygen atoms in total. The van der Waals surface area contributed by atoms with Crippen molar-refractivity contribution in [2.24, 2.45) is 0 Å². The summed E-state index contributed by atoms with van der Waals surface area (Å²) in [6.45, 7) is 0.608. The molecule has 1 N–H and O–H groups in total. The molecule has 1 aromatic carbocycles. The van der Waals surface area contributed by atoms with E-state index in [0.717, 1.165) is 31.0 Å². The number of hydrogen-bond acceptors (Lipinski definition) is 3. The molecular weight excluding hydrogens is 264 g/mol. The third-order valence-corrected chi connectivity index (χ3v) is 4.19. The molecule has 0 radical (unpaired) electrons. The summed E-state index contributed by atoms with van der Waals surface area (Å²) >= 11 is 0. The van der Waals surface area contributed by atoms with Crippen LogP contribution in [0.5, 0.6) is 0 Å². The Labute approximate surface area is 104 Å². The van der Waals surface area contributed by atoms with E-state index in [-0.39, 0.29) is 12.6 Å². The number of rotatable bonds is 4. The predicted molar refractivity (Wildman–Crippen MR) is 60.5 cm³/mol. The van der Waals surface area contributed by atoms with Crippen molar-refractivity contribution in [1.29, 1.82) is 0 Å². The van der Waals surface area contributed by atoms with Gasteiger partial charge in [0, 0.05) is 13.2 Å². The van der Waals surface area contributed by atoms with Gasteiger partial charge in [-0.3, -0.25) is 0 Å². The summed E-state index contributed by atoms with van der Waals surface area (Å²) in [5, 5.41) is 0. The zero-order valence-electron chi connectivity index (χ0n) is 9.53. The van der Waals surface area contributed by atoms with Crippen molar-refractivity contribution < 1.29 is 21.9 Å². The first-order valence-electron chi connectivity index (χ1n) is 5.56. The number of ether oxygens (including phenoxy) is 1. The quantitative estimate of drug-likeness (QED) is 0.905. The van der Waals surface area contributed by atoms with Crippen molar-refractivity contribution in [2.45, 2.75) is 23.8 Å². The fourth-order valence-electron chi connectivity index (χ4n) is 1.82. The van der Waals surface area contributed by atoms with Gasteiger partial charge in [-0.25, -0.2) is 21.9 Å². The molecule has 0 aliphatic carbocycles. The summed E-state index contributed by atoms with van der Waals surface area (Å²) in [4.78, 5) is -0.942. The van der Waals surface area contributed by atoms with E-state index in [1.807, 2.05) is 0 Å². The van der Waals surface area contributed by atoms with Gasteiger partial charge in [-0.2, -0.15) is 0 Å². The first-order valence-corrected chi connectivity index (χ1v) is 7.04. The molecule has 1 saturated heterocycles. The molecule has 1 aliphatic heterocycles. The number of nitrogens with one attached hydrogen (secondary N) is 1. The molecule has 1 aromatic rings. The monoisotopic (exact) mass is 277 g/mol. The van der Waals surface area contributed by atoms with Crippen LogP contribution < -0.4 is 4.72 Å². The lowest BCUT2D eigenvalue weighted by Crippen LogP contribution is -2.32. The predicted octanol–water partition coefficient (Wildman–Crippen LogP) is 1.42. The van der Waals surface area contributed by atoms with Gasteiger partial charge in [0.2, 0.25) is 10.0 Å². The Hall–Kier alpha value is -1.05. The van der Waals surface area contributed by atoms with Gasteiger partial charge in [0.1, 0.15) is 11.6 Å². The lowest BCUT2D eigenvalue weighted by atomic mass is 10.2. The Morgan fingerprint density at radius 3 is 2.56 bits per heavy atom. The van der Waals surface area contributed by atoms with Gasteiger partial charge in [0.05, 0.1) is 6.10 Å². The second kappa shape index (κ2) is 5.29. The number of sulfonamides is 1. The molecule has 1 atom stereocenters. The Kier molecular flexibility index (Phi) is 3.94. The molecule has 0 spiro atoms. The highest BCUT2D eigenvalue weighted by Gasteiger charge is 2.25. The van der Waals surface area contributed by atoms with E-state index >= 15 is 0 Å². The first kappa shape index (κ1) is 13.4. The molecule has 0 unspecified atom stereocenters. The summed E-state index contributed by atoms with van der Waals surface area (Å²) in [6.07, 6.45) is 1.37. The largest absolute Gasteiger partial charge is 0.377 e. The Bertz CT molecular complexity index is 507. The molecule has 0 bridgehead atoms. The lowest BCUT2D eigenvalue weighted by Gasteiger charge is -2.12. The molecular formula is C11H13F2NO3S. The van der Waals surface area contributed by atoms with Crippen LogP contribution in [0.1, 0.15) is 12.8 Å². The molecule has 1 aliphatic rings. The maximum atomic E-state index is 13.4. The highest BCUT2D eigenvalue weighted by molar-refractivity contribution is 7.89. The maximum Gasteiger partial charge on any atom is 0.246 e. The van der Waals surface area contributed by atoms with Crippen molar-refractivity contribution in [3.63, 3.8) is 0 Å². The Balaban J connectivity index is 2.15. The maximum absolute atomic E-state index is 13.4. The summed E-state index contributed by atoms with van der Waals surface area (Å²) in [5.41, 5.74) is 0. The van der Waals surface area contributed by atoms with Crippen LogP contribution in [-0.2, 0) is 14.8 Å². The first-order chi connectivity index (χ1) is 8.50. The molecule has 1 heterocycles. The Morgan fingerprint density at radius 1 is 1.33 bits per heavy atom. The number of benzene rings is 1. The third-order valence-electron chi connectivity index (χ3n) is 2.71. The SMILES string of the molecule is O=S(=O)(NC[C@H]1CCCO1)c1c(F)cccc1F. The summed E-state index contributed by atoms with van der Waals surface area (Å²) in [5.74, 6) is -2.20.